The van der Waals surface area contributed by atoms with Crippen molar-refractivity contribution in [3.63, 3.8) is 0 Å². The van der Waals surface area contributed by atoms with E-state index < -0.39 is 0 Å². The van der Waals surface area contributed by atoms with Gasteiger partial charge in [-0.25, -0.2) is 0 Å². The fourth-order valence-corrected chi connectivity index (χ4v) is 4.12. The summed E-state index contributed by atoms with van der Waals surface area (Å²) in [5, 5.41) is 13.0. The molecule has 0 amide bonds. The van der Waals surface area contributed by atoms with E-state index in [1.165, 1.54) is 57.8 Å². The lowest BCUT2D eigenvalue weighted by atomic mass is 9.57. The van der Waals surface area contributed by atoms with Gasteiger partial charge in [0, 0.05) is 12.6 Å². The van der Waals surface area contributed by atoms with Crippen LogP contribution in [0.25, 0.3) is 0 Å². The lowest BCUT2D eigenvalue weighted by Gasteiger charge is -2.53. The Morgan fingerprint density at radius 3 is 2.50 bits per heavy atom. The van der Waals surface area contributed by atoms with Gasteiger partial charge in [0.2, 0.25) is 0 Å². The molecule has 0 aromatic rings. The Morgan fingerprint density at radius 1 is 1.17 bits per heavy atom. The number of rotatable bonds is 7. The predicted molar refractivity (Wildman–Crippen MR) is 76.6 cm³/mol. The van der Waals surface area contributed by atoms with Crippen molar-refractivity contribution < 1.29 is 5.11 Å². The van der Waals surface area contributed by atoms with Crippen molar-refractivity contribution >= 4 is 0 Å². The molecule has 2 unspecified atom stereocenters. The Bertz CT molecular complexity index is 229. The van der Waals surface area contributed by atoms with E-state index in [0.717, 1.165) is 19.0 Å². The van der Waals surface area contributed by atoms with E-state index >= 15 is 0 Å². The number of nitrogens with one attached hydrogen (secondary N) is 1. The van der Waals surface area contributed by atoms with E-state index in [1.54, 1.807) is 0 Å². The summed E-state index contributed by atoms with van der Waals surface area (Å²) in [4.78, 5) is 0. The predicted octanol–water partition coefficient (Wildman–Crippen LogP) is 3.49. The molecule has 0 saturated heterocycles. The number of aliphatic hydroxyl groups is 1. The van der Waals surface area contributed by atoms with Crippen LogP contribution in [0.3, 0.4) is 0 Å². The van der Waals surface area contributed by atoms with E-state index in [0.29, 0.717) is 17.9 Å². The van der Waals surface area contributed by atoms with E-state index in [9.17, 15) is 0 Å². The maximum absolute atomic E-state index is 9.11. The van der Waals surface area contributed by atoms with Crippen LogP contribution in [-0.4, -0.2) is 24.3 Å². The molecular formula is C16H31NO. The summed E-state index contributed by atoms with van der Waals surface area (Å²) < 4.78 is 0. The summed E-state index contributed by atoms with van der Waals surface area (Å²) in [6.07, 6.45) is 13.6. The second-order valence-corrected chi connectivity index (χ2v) is 6.59. The molecule has 0 bridgehead atoms. The highest BCUT2D eigenvalue weighted by Gasteiger charge is 2.46. The first-order valence-corrected chi connectivity index (χ1v) is 8.15. The van der Waals surface area contributed by atoms with Gasteiger partial charge in [-0.1, -0.05) is 32.6 Å². The van der Waals surface area contributed by atoms with Gasteiger partial charge in [-0.15, -0.1) is 0 Å². The maximum atomic E-state index is 9.11. The summed E-state index contributed by atoms with van der Waals surface area (Å²) in [7, 11) is 0. The number of aliphatic hydroxyl groups excluding tert-OH is 1. The average molecular weight is 253 g/mol. The number of hydrogen-bond acceptors (Lipinski definition) is 2. The molecular weight excluding hydrogens is 222 g/mol. The van der Waals surface area contributed by atoms with Crippen LogP contribution in [-0.2, 0) is 0 Å². The van der Waals surface area contributed by atoms with Gasteiger partial charge in [-0.05, 0) is 56.4 Å². The van der Waals surface area contributed by atoms with Crippen LogP contribution >= 0.6 is 0 Å². The molecule has 0 aliphatic heterocycles. The molecule has 2 aliphatic rings. The van der Waals surface area contributed by atoms with Crippen LogP contribution in [0, 0.1) is 11.3 Å². The third-order valence-electron chi connectivity index (χ3n) is 5.41. The van der Waals surface area contributed by atoms with Crippen LogP contribution in [0.2, 0.25) is 0 Å². The van der Waals surface area contributed by atoms with Gasteiger partial charge in [0.05, 0.1) is 0 Å². The molecule has 2 N–H and O–H groups in total. The molecule has 2 nitrogen and oxygen atoms in total. The lowest BCUT2D eigenvalue weighted by molar-refractivity contribution is 0.0202. The third kappa shape index (κ3) is 3.27. The van der Waals surface area contributed by atoms with Crippen molar-refractivity contribution in [2.24, 2.45) is 11.3 Å². The first kappa shape index (κ1) is 14.3. The Morgan fingerprint density at radius 2 is 1.94 bits per heavy atom. The van der Waals surface area contributed by atoms with Crippen molar-refractivity contribution in [1.29, 1.82) is 0 Å². The molecule has 2 heteroatoms. The summed E-state index contributed by atoms with van der Waals surface area (Å²) >= 11 is 0. The first-order valence-electron chi connectivity index (χ1n) is 8.15. The zero-order valence-corrected chi connectivity index (χ0v) is 12.1. The van der Waals surface area contributed by atoms with Crippen molar-refractivity contribution in [1.82, 2.24) is 5.32 Å². The highest BCUT2D eigenvalue weighted by Crippen LogP contribution is 2.51. The Labute approximate surface area is 113 Å². The summed E-state index contributed by atoms with van der Waals surface area (Å²) in [5.41, 5.74) is 0.675. The minimum atomic E-state index is 0.349. The van der Waals surface area contributed by atoms with Gasteiger partial charge >= 0.3 is 0 Å². The standard InChI is InChI=1S/C16H31NO/c1-2-6-14(8-12-18)13-17-15-7-11-16(15)9-4-3-5-10-16/h14-15,17-18H,2-13H2,1H3. The summed E-state index contributed by atoms with van der Waals surface area (Å²) in [5.74, 6) is 0.682. The fourth-order valence-electron chi connectivity index (χ4n) is 4.12. The highest BCUT2D eigenvalue weighted by molar-refractivity contribution is 5.01. The van der Waals surface area contributed by atoms with Crippen LogP contribution in [0.5, 0.6) is 0 Å². The summed E-state index contributed by atoms with van der Waals surface area (Å²) in [6, 6.07) is 0.788. The van der Waals surface area contributed by atoms with Crippen molar-refractivity contribution in [2.45, 2.75) is 77.2 Å². The van der Waals surface area contributed by atoms with E-state index in [-0.39, 0.29) is 0 Å². The van der Waals surface area contributed by atoms with Gasteiger partial charge in [0.15, 0.2) is 0 Å². The molecule has 18 heavy (non-hydrogen) atoms. The smallest absolute Gasteiger partial charge is 0.0434 e. The lowest BCUT2D eigenvalue weighted by Crippen LogP contribution is -2.55. The topological polar surface area (TPSA) is 32.3 Å². The molecule has 2 rings (SSSR count). The minimum absolute atomic E-state index is 0.349. The molecule has 0 aromatic heterocycles. The van der Waals surface area contributed by atoms with Crippen LogP contribution in [0.4, 0.5) is 0 Å². The molecule has 0 aromatic carbocycles. The quantitative estimate of drug-likeness (QED) is 0.728. The minimum Gasteiger partial charge on any atom is -0.396 e. The second-order valence-electron chi connectivity index (χ2n) is 6.59. The van der Waals surface area contributed by atoms with Crippen molar-refractivity contribution in [3.8, 4) is 0 Å². The molecule has 0 heterocycles. The molecule has 0 radical (unpaired) electrons. The Kier molecular flexibility index (Phi) is 5.50. The SMILES string of the molecule is CCCC(CCO)CNC1CCC12CCCCC2. The molecule has 2 saturated carbocycles. The van der Waals surface area contributed by atoms with Gasteiger partial charge in [0.25, 0.3) is 0 Å². The van der Waals surface area contributed by atoms with E-state index in [4.69, 9.17) is 5.11 Å². The Hall–Kier alpha value is -0.0800. The maximum Gasteiger partial charge on any atom is 0.0434 e. The van der Waals surface area contributed by atoms with E-state index in [2.05, 4.69) is 12.2 Å². The van der Waals surface area contributed by atoms with Crippen molar-refractivity contribution in [3.05, 3.63) is 0 Å². The first-order chi connectivity index (χ1) is 8.80. The van der Waals surface area contributed by atoms with E-state index in [1.807, 2.05) is 0 Å². The largest absolute Gasteiger partial charge is 0.396 e. The van der Waals surface area contributed by atoms with Crippen LogP contribution in [0.1, 0.15) is 71.1 Å². The molecule has 1 spiro atoms. The highest BCUT2D eigenvalue weighted by atomic mass is 16.3. The van der Waals surface area contributed by atoms with Crippen molar-refractivity contribution in [2.75, 3.05) is 13.2 Å². The van der Waals surface area contributed by atoms with Gasteiger partial charge in [0.1, 0.15) is 0 Å². The Balaban J connectivity index is 1.75. The second kappa shape index (κ2) is 6.91. The van der Waals surface area contributed by atoms with Gasteiger partial charge in [-0.3, -0.25) is 0 Å². The zero-order chi connectivity index (χ0) is 12.8. The molecule has 2 fully saturated rings. The van der Waals surface area contributed by atoms with Crippen LogP contribution in [0.15, 0.2) is 0 Å². The monoisotopic (exact) mass is 253 g/mol. The zero-order valence-electron chi connectivity index (χ0n) is 12.1. The molecule has 2 aliphatic carbocycles. The van der Waals surface area contributed by atoms with Gasteiger partial charge in [-0.2, -0.15) is 0 Å². The number of hydrogen-bond donors (Lipinski definition) is 2. The molecule has 2 atom stereocenters. The summed E-state index contributed by atoms with van der Waals surface area (Å²) in [6.45, 7) is 3.72. The normalized spacial score (nSPS) is 28.0. The van der Waals surface area contributed by atoms with Crippen LogP contribution < -0.4 is 5.32 Å². The van der Waals surface area contributed by atoms with Gasteiger partial charge < -0.3 is 10.4 Å². The molecule has 106 valence electrons. The third-order valence-corrected chi connectivity index (χ3v) is 5.41. The average Bonchev–Trinajstić information content (AvgIpc) is 2.39. The fraction of sp³-hybridized carbons (Fsp3) is 1.00.